The van der Waals surface area contributed by atoms with Crippen LogP contribution in [0.4, 0.5) is 5.69 Å². The third-order valence-corrected chi connectivity index (χ3v) is 5.87. The molecule has 1 heterocycles. The second-order valence-electron chi connectivity index (χ2n) is 8.12. The Labute approximate surface area is 198 Å². The predicted octanol–water partition coefficient (Wildman–Crippen LogP) is 6.28. The number of rotatable bonds is 3. The van der Waals surface area contributed by atoms with Crippen molar-refractivity contribution in [1.29, 1.82) is 0 Å². The minimum atomic E-state index is -0.437. The molecule has 3 aromatic rings. The first-order chi connectivity index (χ1) is 16.4. The molecule has 2 atom stereocenters. The van der Waals surface area contributed by atoms with Crippen LogP contribution in [0.2, 0.25) is 0 Å². The summed E-state index contributed by atoms with van der Waals surface area (Å²) in [4.78, 5) is 23.9. The van der Waals surface area contributed by atoms with Gasteiger partial charge in [0.05, 0.1) is 4.92 Å². The van der Waals surface area contributed by atoms with E-state index in [0.29, 0.717) is 11.5 Å². The van der Waals surface area contributed by atoms with Crippen molar-refractivity contribution in [2.75, 3.05) is 0 Å². The second-order valence-corrected chi connectivity index (χ2v) is 8.12. The first-order valence-corrected chi connectivity index (χ1v) is 10.9. The van der Waals surface area contributed by atoms with E-state index < -0.39 is 10.8 Å². The Hall–Kier alpha value is -4.43. The minimum Gasteiger partial charge on any atom is -0.448 e. The molecule has 0 saturated heterocycles. The van der Waals surface area contributed by atoms with E-state index in [1.54, 1.807) is 12.1 Å². The summed E-state index contributed by atoms with van der Waals surface area (Å²) in [5.41, 5.74) is 3.21. The number of hydrogen-bond donors (Lipinski definition) is 0. The molecule has 0 N–H and O–H groups in total. The van der Waals surface area contributed by atoms with Gasteiger partial charge in [0.15, 0.2) is 11.5 Å². The molecule has 0 aromatic heterocycles. The Bertz CT molecular complexity index is 1330. The number of nitro groups is 1. The molecule has 5 nitrogen and oxygen atoms in total. The lowest BCUT2D eigenvalue weighted by atomic mass is 9.78. The van der Waals surface area contributed by atoms with E-state index in [1.165, 1.54) is 18.2 Å². The van der Waals surface area contributed by atoms with Gasteiger partial charge in [0, 0.05) is 41.2 Å². The van der Waals surface area contributed by atoms with Gasteiger partial charge in [-0.15, -0.1) is 0 Å². The van der Waals surface area contributed by atoms with E-state index in [9.17, 15) is 14.9 Å². The topological polar surface area (TPSA) is 69.4 Å². The Morgan fingerprint density at radius 2 is 1.50 bits per heavy atom. The van der Waals surface area contributed by atoms with Crippen LogP contribution in [0.3, 0.4) is 0 Å². The van der Waals surface area contributed by atoms with E-state index in [-0.39, 0.29) is 17.4 Å². The summed E-state index contributed by atoms with van der Waals surface area (Å²) in [6.45, 7) is 3.77. The summed E-state index contributed by atoms with van der Waals surface area (Å²) >= 11 is 0. The molecular formula is C29H23NO4. The number of benzene rings is 3. The summed E-state index contributed by atoms with van der Waals surface area (Å²) < 4.78 is 6.28. The summed E-state index contributed by atoms with van der Waals surface area (Å²) in [6, 6.07) is 25.3. The monoisotopic (exact) mass is 449 g/mol. The molecule has 0 spiro atoms. The van der Waals surface area contributed by atoms with Crippen LogP contribution in [0, 0.1) is 27.9 Å². The molecule has 0 bridgehead atoms. The first kappa shape index (κ1) is 22.8. The highest BCUT2D eigenvalue weighted by molar-refractivity contribution is 5.98. The van der Waals surface area contributed by atoms with E-state index in [2.05, 4.69) is 11.8 Å². The van der Waals surface area contributed by atoms with Gasteiger partial charge in [-0.25, -0.2) is 0 Å². The van der Waals surface area contributed by atoms with Crippen LogP contribution in [-0.4, -0.2) is 10.7 Å². The van der Waals surface area contributed by atoms with Crippen LogP contribution >= 0.6 is 0 Å². The molecule has 0 amide bonds. The summed E-state index contributed by atoms with van der Waals surface area (Å²) in [5.74, 6) is 6.37. The Morgan fingerprint density at radius 3 is 2.12 bits per heavy atom. The normalized spacial score (nSPS) is 21.7. The lowest BCUT2D eigenvalue weighted by Crippen LogP contribution is -2.22. The maximum Gasteiger partial charge on any atom is 0.269 e. The molecule has 168 valence electrons. The molecule has 3 aromatic carbocycles. The number of ether oxygens (including phenoxy) is 1. The summed E-state index contributed by atoms with van der Waals surface area (Å²) in [5, 5.41) is 11.1. The zero-order valence-corrected chi connectivity index (χ0v) is 18.9. The smallest absolute Gasteiger partial charge is 0.269 e. The maximum atomic E-state index is 13.2. The number of non-ortho nitro benzene ring substituents is 1. The van der Waals surface area contributed by atoms with Gasteiger partial charge in [-0.3, -0.25) is 14.9 Å². The van der Waals surface area contributed by atoms with Gasteiger partial charge < -0.3 is 4.74 Å². The molecule has 0 radical (unpaired) electrons. The Morgan fingerprint density at radius 1 is 0.882 bits per heavy atom. The number of carbonyl (C=O) groups excluding carboxylic acids is 1. The standard InChI is InChI=1S/C29H23NO4/c1-20-26(31)19-28(23-11-7-4-8-12-23)34-27(18-13-22-9-5-3-6-10-22)21(2)29(20)24-14-16-25(17-15-24)30(32)33/h3-12,14-17,19-20,29H,1-2H3/b27-21-,28-19-. The minimum absolute atomic E-state index is 0.00167. The molecule has 5 heteroatoms. The molecule has 2 unspecified atom stereocenters. The zero-order chi connectivity index (χ0) is 24.1. The highest BCUT2D eigenvalue weighted by Crippen LogP contribution is 2.38. The average molecular weight is 450 g/mol. The van der Waals surface area contributed by atoms with Gasteiger partial charge in [0.25, 0.3) is 5.69 Å². The van der Waals surface area contributed by atoms with Crippen molar-refractivity contribution >= 4 is 17.2 Å². The fourth-order valence-corrected chi connectivity index (χ4v) is 4.02. The molecule has 1 aliphatic heterocycles. The molecular weight excluding hydrogens is 426 g/mol. The summed E-state index contributed by atoms with van der Waals surface area (Å²) in [7, 11) is 0. The number of carbonyl (C=O) groups is 1. The van der Waals surface area contributed by atoms with Gasteiger partial charge in [-0.1, -0.05) is 73.5 Å². The van der Waals surface area contributed by atoms with Gasteiger partial charge >= 0.3 is 0 Å². The molecule has 0 aliphatic carbocycles. The summed E-state index contributed by atoms with van der Waals surface area (Å²) in [6.07, 6.45) is 1.52. The maximum absolute atomic E-state index is 13.2. The lowest BCUT2D eigenvalue weighted by Gasteiger charge is -2.27. The highest BCUT2D eigenvalue weighted by Gasteiger charge is 2.31. The van der Waals surface area contributed by atoms with Gasteiger partial charge in [-0.2, -0.15) is 0 Å². The van der Waals surface area contributed by atoms with Crippen molar-refractivity contribution < 1.29 is 14.5 Å². The Balaban J connectivity index is 1.84. The average Bonchev–Trinajstić information content (AvgIpc) is 2.86. The van der Waals surface area contributed by atoms with Crippen molar-refractivity contribution in [3.05, 3.63) is 129 Å². The van der Waals surface area contributed by atoms with Gasteiger partial charge in [-0.05, 0) is 36.1 Å². The second kappa shape index (κ2) is 10.0. The molecule has 34 heavy (non-hydrogen) atoms. The van der Waals surface area contributed by atoms with Gasteiger partial charge in [0.1, 0.15) is 5.76 Å². The molecule has 0 fully saturated rings. The molecule has 1 aliphatic rings. The van der Waals surface area contributed by atoms with Crippen molar-refractivity contribution in [1.82, 2.24) is 0 Å². The highest BCUT2D eigenvalue weighted by atomic mass is 16.6. The van der Waals surface area contributed by atoms with Crippen LogP contribution in [0.1, 0.15) is 36.5 Å². The van der Waals surface area contributed by atoms with Crippen molar-refractivity contribution in [2.24, 2.45) is 5.92 Å². The number of allylic oxidation sites excluding steroid dienone is 3. The van der Waals surface area contributed by atoms with E-state index in [4.69, 9.17) is 4.74 Å². The third-order valence-electron chi connectivity index (χ3n) is 5.87. The fraction of sp³-hybridized carbons (Fsp3) is 0.138. The quantitative estimate of drug-likeness (QED) is 0.268. The largest absolute Gasteiger partial charge is 0.448 e. The van der Waals surface area contributed by atoms with Crippen molar-refractivity contribution in [3.63, 3.8) is 0 Å². The van der Waals surface area contributed by atoms with Crippen molar-refractivity contribution in [2.45, 2.75) is 19.8 Å². The van der Waals surface area contributed by atoms with E-state index in [0.717, 1.165) is 22.3 Å². The zero-order valence-electron chi connectivity index (χ0n) is 18.9. The fourth-order valence-electron chi connectivity index (χ4n) is 4.02. The molecule has 0 saturated carbocycles. The van der Waals surface area contributed by atoms with Crippen LogP contribution in [0.25, 0.3) is 5.76 Å². The number of hydrogen-bond acceptors (Lipinski definition) is 4. The van der Waals surface area contributed by atoms with E-state index >= 15 is 0 Å². The van der Waals surface area contributed by atoms with Gasteiger partial charge in [0.2, 0.25) is 0 Å². The predicted molar refractivity (Wildman–Crippen MR) is 132 cm³/mol. The van der Waals surface area contributed by atoms with Crippen LogP contribution < -0.4 is 0 Å². The Kier molecular flexibility index (Phi) is 6.70. The third kappa shape index (κ3) is 4.97. The van der Waals surface area contributed by atoms with Crippen molar-refractivity contribution in [3.8, 4) is 11.8 Å². The number of nitrogens with zero attached hydrogens (tertiary/aromatic N) is 1. The first-order valence-electron chi connectivity index (χ1n) is 10.9. The van der Waals surface area contributed by atoms with Crippen LogP contribution in [0.15, 0.2) is 102 Å². The van der Waals surface area contributed by atoms with Crippen LogP contribution in [-0.2, 0) is 9.53 Å². The molecule has 4 rings (SSSR count). The van der Waals surface area contributed by atoms with Crippen LogP contribution in [0.5, 0.6) is 0 Å². The lowest BCUT2D eigenvalue weighted by molar-refractivity contribution is -0.384. The number of ketones is 1. The SMILES string of the molecule is C/C1=C(\C#Cc2ccccc2)O/C(c2ccccc2)=C\C(=O)C(C)C1c1ccc([N+](=O)[O-])cc1. The van der Waals surface area contributed by atoms with E-state index in [1.807, 2.05) is 74.5 Å². The number of nitro benzene ring substituents is 1.